The molecule has 156 valence electrons. The Morgan fingerprint density at radius 1 is 1.27 bits per heavy atom. The molecular formula is C24H30N6. The van der Waals surface area contributed by atoms with E-state index in [1.165, 1.54) is 31.2 Å². The van der Waals surface area contributed by atoms with E-state index in [0.29, 0.717) is 29.1 Å². The fourth-order valence-corrected chi connectivity index (χ4v) is 5.36. The van der Waals surface area contributed by atoms with Crippen LogP contribution in [0.5, 0.6) is 0 Å². The Balaban J connectivity index is 1.33. The second kappa shape index (κ2) is 7.18. The number of para-hydroxylation sites is 1. The standard InChI is InChI=1S/C24H30N6/c1-14-7-5-9-18-20(14)26-22-21(18)28-30-23(27-22)29-25-13-17-12-19-16(11-15(17)2)8-6-10-24(19,3)4/h5,7-9,13,15,17,19H,6,10-12H2,1-4H3,(H2,26,27,29,30)/b25-13-/t15-,17+,19-/m0/s1. The Morgan fingerprint density at radius 3 is 3.00 bits per heavy atom. The number of hydrogen-bond acceptors (Lipinski definition) is 5. The van der Waals surface area contributed by atoms with E-state index in [0.717, 1.165) is 22.1 Å². The van der Waals surface area contributed by atoms with Gasteiger partial charge >= 0.3 is 0 Å². The monoisotopic (exact) mass is 402 g/mol. The molecule has 0 bridgehead atoms. The van der Waals surface area contributed by atoms with Crippen molar-refractivity contribution in [2.75, 3.05) is 5.43 Å². The minimum atomic E-state index is 0.384. The van der Waals surface area contributed by atoms with Gasteiger partial charge in [0.2, 0.25) is 0 Å². The lowest BCUT2D eigenvalue weighted by Crippen LogP contribution is -2.36. The normalized spacial score (nSPS) is 26.1. The van der Waals surface area contributed by atoms with Gasteiger partial charge in [-0.1, -0.05) is 50.6 Å². The molecule has 1 saturated carbocycles. The molecule has 3 atom stereocenters. The third-order valence-corrected chi connectivity index (χ3v) is 7.27. The van der Waals surface area contributed by atoms with Crippen molar-refractivity contribution in [2.45, 2.75) is 53.4 Å². The second-order valence-corrected chi connectivity index (χ2v) is 9.78. The van der Waals surface area contributed by atoms with Crippen molar-refractivity contribution in [1.29, 1.82) is 0 Å². The number of anilines is 1. The highest BCUT2D eigenvalue weighted by molar-refractivity contribution is 6.04. The molecule has 1 aromatic carbocycles. The van der Waals surface area contributed by atoms with Crippen LogP contribution in [0.2, 0.25) is 0 Å². The van der Waals surface area contributed by atoms with Crippen LogP contribution in [0.3, 0.4) is 0 Å². The molecule has 2 aliphatic carbocycles. The highest BCUT2D eigenvalue weighted by Crippen LogP contribution is 2.50. The molecule has 3 aromatic rings. The van der Waals surface area contributed by atoms with Crippen molar-refractivity contribution in [3.63, 3.8) is 0 Å². The number of aromatic nitrogens is 4. The van der Waals surface area contributed by atoms with Gasteiger partial charge in [-0.15, -0.1) is 10.2 Å². The van der Waals surface area contributed by atoms with Crippen molar-refractivity contribution < 1.29 is 0 Å². The van der Waals surface area contributed by atoms with E-state index in [1.807, 2.05) is 12.1 Å². The van der Waals surface area contributed by atoms with Gasteiger partial charge in [0.05, 0.1) is 5.52 Å². The Hall–Kier alpha value is -2.76. The predicted octanol–water partition coefficient (Wildman–Crippen LogP) is 5.62. The molecule has 0 radical (unpaired) electrons. The van der Waals surface area contributed by atoms with Crippen LogP contribution in [0.1, 0.15) is 52.0 Å². The van der Waals surface area contributed by atoms with Gasteiger partial charge in [0.15, 0.2) is 5.65 Å². The first-order valence-corrected chi connectivity index (χ1v) is 11.0. The van der Waals surface area contributed by atoms with E-state index in [9.17, 15) is 0 Å². The Bertz CT molecular complexity index is 1160. The summed E-state index contributed by atoms with van der Waals surface area (Å²) >= 11 is 0. The summed E-state index contributed by atoms with van der Waals surface area (Å²) in [5, 5.41) is 14.2. The van der Waals surface area contributed by atoms with Crippen LogP contribution in [-0.4, -0.2) is 26.4 Å². The Morgan fingerprint density at radius 2 is 2.13 bits per heavy atom. The molecule has 0 aliphatic heterocycles. The number of hydrazone groups is 1. The van der Waals surface area contributed by atoms with Crippen molar-refractivity contribution in [1.82, 2.24) is 20.2 Å². The van der Waals surface area contributed by atoms with Gasteiger partial charge in [-0.25, -0.2) is 5.43 Å². The third-order valence-electron chi connectivity index (χ3n) is 7.27. The molecule has 1 fully saturated rings. The minimum Gasteiger partial charge on any atom is -0.337 e. The van der Waals surface area contributed by atoms with E-state index in [-0.39, 0.29) is 0 Å². The summed E-state index contributed by atoms with van der Waals surface area (Å²) in [6.45, 7) is 9.26. The molecule has 30 heavy (non-hydrogen) atoms. The maximum absolute atomic E-state index is 4.58. The number of allylic oxidation sites excluding steroid dienone is 2. The van der Waals surface area contributed by atoms with E-state index in [4.69, 9.17) is 0 Å². The van der Waals surface area contributed by atoms with E-state index >= 15 is 0 Å². The quantitative estimate of drug-likeness (QED) is 0.338. The molecule has 2 aliphatic rings. The van der Waals surface area contributed by atoms with Gasteiger partial charge in [0.25, 0.3) is 5.95 Å². The van der Waals surface area contributed by atoms with Gasteiger partial charge in [0.1, 0.15) is 5.52 Å². The summed E-state index contributed by atoms with van der Waals surface area (Å²) in [6, 6.07) is 6.15. The van der Waals surface area contributed by atoms with Gasteiger partial charge in [0, 0.05) is 11.6 Å². The van der Waals surface area contributed by atoms with Crippen LogP contribution in [0.25, 0.3) is 22.1 Å². The van der Waals surface area contributed by atoms with Crippen LogP contribution >= 0.6 is 0 Å². The number of fused-ring (bicyclic) bond motifs is 4. The predicted molar refractivity (Wildman–Crippen MR) is 123 cm³/mol. The van der Waals surface area contributed by atoms with E-state index < -0.39 is 0 Å². The number of nitrogens with zero attached hydrogens (tertiary/aromatic N) is 4. The van der Waals surface area contributed by atoms with Crippen LogP contribution in [0.15, 0.2) is 34.9 Å². The summed E-state index contributed by atoms with van der Waals surface area (Å²) in [5.74, 6) is 2.15. The third kappa shape index (κ3) is 3.28. The van der Waals surface area contributed by atoms with Crippen LogP contribution in [0, 0.1) is 30.1 Å². The van der Waals surface area contributed by atoms with Gasteiger partial charge in [-0.05, 0) is 61.3 Å². The zero-order chi connectivity index (χ0) is 20.9. The lowest BCUT2D eigenvalue weighted by atomic mass is 9.59. The van der Waals surface area contributed by atoms with Gasteiger partial charge in [-0.3, -0.25) is 0 Å². The highest BCUT2D eigenvalue weighted by atomic mass is 15.4. The summed E-state index contributed by atoms with van der Waals surface area (Å²) in [5.41, 5.74) is 8.82. The number of H-pyrrole nitrogens is 1. The summed E-state index contributed by atoms with van der Waals surface area (Å²) in [7, 11) is 0. The smallest absolute Gasteiger partial charge is 0.265 e. The molecule has 0 amide bonds. The second-order valence-electron chi connectivity index (χ2n) is 9.78. The molecule has 2 aromatic heterocycles. The van der Waals surface area contributed by atoms with Crippen molar-refractivity contribution in [2.24, 2.45) is 28.3 Å². The zero-order valence-corrected chi connectivity index (χ0v) is 18.2. The van der Waals surface area contributed by atoms with E-state index in [1.54, 1.807) is 5.57 Å². The van der Waals surface area contributed by atoms with Crippen LogP contribution in [-0.2, 0) is 0 Å². The zero-order valence-electron chi connectivity index (χ0n) is 18.2. The minimum absolute atomic E-state index is 0.384. The number of aromatic amines is 1. The van der Waals surface area contributed by atoms with Crippen LogP contribution in [0.4, 0.5) is 5.95 Å². The number of hydrogen-bond donors (Lipinski definition) is 2. The van der Waals surface area contributed by atoms with E-state index in [2.05, 4.69) is 76.7 Å². The summed E-state index contributed by atoms with van der Waals surface area (Å²) < 4.78 is 0. The van der Waals surface area contributed by atoms with Crippen molar-refractivity contribution >= 4 is 34.2 Å². The molecule has 0 spiro atoms. The van der Waals surface area contributed by atoms with Gasteiger partial charge < -0.3 is 4.98 Å². The molecular weight excluding hydrogens is 372 g/mol. The Labute approximate surface area is 177 Å². The number of aryl methyl sites for hydroxylation is 1. The van der Waals surface area contributed by atoms with Crippen molar-refractivity contribution in [3.8, 4) is 0 Å². The van der Waals surface area contributed by atoms with Crippen molar-refractivity contribution in [3.05, 3.63) is 35.4 Å². The molecule has 2 heterocycles. The molecule has 0 unspecified atom stereocenters. The number of benzene rings is 1. The number of nitrogens with one attached hydrogen (secondary N) is 2. The number of rotatable bonds is 3. The SMILES string of the molecule is Cc1cccc2c1[nH]c1nc(N/N=C\[C@H]3C[C@H]4C(=CCCC4(C)C)C[C@@H]3C)nnc12. The summed E-state index contributed by atoms with van der Waals surface area (Å²) in [6.07, 6.45) is 9.42. The first-order valence-electron chi connectivity index (χ1n) is 11.0. The average molecular weight is 403 g/mol. The lowest BCUT2D eigenvalue weighted by Gasteiger charge is -2.46. The lowest BCUT2D eigenvalue weighted by molar-refractivity contribution is 0.149. The van der Waals surface area contributed by atoms with Crippen LogP contribution < -0.4 is 5.43 Å². The first kappa shape index (κ1) is 19.2. The topological polar surface area (TPSA) is 78.9 Å². The molecule has 5 rings (SSSR count). The Kier molecular flexibility index (Phi) is 4.60. The molecule has 6 heteroatoms. The molecule has 0 saturated heterocycles. The fraction of sp³-hybridized carbons (Fsp3) is 0.500. The summed E-state index contributed by atoms with van der Waals surface area (Å²) in [4.78, 5) is 7.94. The van der Waals surface area contributed by atoms with Gasteiger partial charge in [-0.2, -0.15) is 10.1 Å². The molecule has 6 nitrogen and oxygen atoms in total. The fourth-order valence-electron chi connectivity index (χ4n) is 5.36. The maximum Gasteiger partial charge on any atom is 0.265 e. The molecule has 2 N–H and O–H groups in total. The maximum atomic E-state index is 4.58. The first-order chi connectivity index (χ1) is 14.4. The largest absolute Gasteiger partial charge is 0.337 e. The average Bonchev–Trinajstić information content (AvgIpc) is 3.08. The highest BCUT2D eigenvalue weighted by Gasteiger charge is 2.40.